The van der Waals surface area contributed by atoms with Gasteiger partial charge in [-0.05, 0) is 130 Å². The number of carbonyl (C=O) groups excluding carboxylic acids is 3. The van der Waals surface area contributed by atoms with Crippen LogP contribution >= 0.6 is 0 Å². The van der Waals surface area contributed by atoms with Crippen molar-refractivity contribution < 1.29 is 126 Å². The summed E-state index contributed by atoms with van der Waals surface area (Å²) in [5, 5.41) is 33.2. The zero-order chi connectivity index (χ0) is 86.9. The first-order valence-corrected chi connectivity index (χ1v) is 34.7. The third-order valence-electron chi connectivity index (χ3n) is 16.8. The third kappa shape index (κ3) is 28.8. The number of rotatable bonds is 24. The van der Waals surface area contributed by atoms with Crippen LogP contribution in [0.1, 0.15) is 84.1 Å². The van der Waals surface area contributed by atoms with Gasteiger partial charge in [-0.2, -0.15) is 10.1 Å². The average molecular weight is 1740 g/mol. The number of alkyl halides is 18. The molecule has 12 aromatic rings. The van der Waals surface area contributed by atoms with Gasteiger partial charge in [0.2, 0.25) is 11.8 Å². The number of aryl methyl sites for hydroxylation is 3. The lowest BCUT2D eigenvalue weighted by Crippen LogP contribution is -2.50. The lowest BCUT2D eigenvalue weighted by Gasteiger charge is -2.37. The maximum Gasteiger partial charge on any atom is 0.573 e. The Kier molecular flexibility index (Phi) is 31.4. The van der Waals surface area contributed by atoms with Crippen LogP contribution in [0, 0.1) is 13.8 Å². The van der Waals surface area contributed by atoms with E-state index in [1.165, 1.54) is 90.5 Å². The fourth-order valence-corrected chi connectivity index (χ4v) is 12.4. The molecule has 7 N–H and O–H groups in total. The Balaban J connectivity index is 0.000000251. The fourth-order valence-electron chi connectivity index (χ4n) is 12.4. The molecule has 654 valence electrons. The molecule has 0 saturated carbocycles. The van der Waals surface area contributed by atoms with Gasteiger partial charge in [-0.15, -0.1) is 89.2 Å². The number of amides is 6. The molecule has 6 amide bonds. The molecule has 0 aliphatic heterocycles. The Labute approximate surface area is 689 Å². The van der Waals surface area contributed by atoms with Gasteiger partial charge in [0.25, 0.3) is 0 Å². The van der Waals surface area contributed by atoms with Gasteiger partial charge in [-0.3, -0.25) is 25.7 Å². The molecular weight excluding hydrogens is 1670 g/mol. The quantitative estimate of drug-likeness (QED) is 0.0277. The highest BCUT2D eigenvalue weighted by molar-refractivity contribution is 5.90. The highest BCUT2D eigenvalue weighted by Crippen LogP contribution is 2.43. The third-order valence-corrected chi connectivity index (χ3v) is 16.8. The zero-order valence-corrected chi connectivity index (χ0v) is 61.9. The molecule has 0 atom stereocenters. The van der Waals surface area contributed by atoms with Gasteiger partial charge in [0.1, 0.15) is 40.3 Å². The van der Waals surface area contributed by atoms with Crippen molar-refractivity contribution in [1.82, 2.24) is 51.1 Å². The van der Waals surface area contributed by atoms with E-state index < -0.39 is 107 Å². The zero-order valence-electron chi connectivity index (χ0n) is 61.9. The molecular formula is C82H75F18N13O10. The number of anilines is 3. The predicted molar refractivity (Wildman–Crippen MR) is 412 cm³/mol. The van der Waals surface area contributed by atoms with E-state index >= 15 is 0 Å². The number of H-pyrrole nitrogens is 1. The predicted octanol–water partition coefficient (Wildman–Crippen LogP) is 21.1. The van der Waals surface area contributed by atoms with Crippen LogP contribution in [0.15, 0.2) is 253 Å². The normalized spacial score (nSPS) is 11.8. The van der Waals surface area contributed by atoms with Crippen LogP contribution in [-0.4, -0.2) is 91.4 Å². The number of ether oxygens (including phenoxy) is 6. The Bertz CT molecular complexity index is 4720. The first-order chi connectivity index (χ1) is 56.4. The molecule has 3 heterocycles. The number of urea groups is 3. The number of benzene rings is 9. The van der Waals surface area contributed by atoms with Crippen LogP contribution in [0.4, 0.5) is 111 Å². The number of carbonyl (C=O) groups is 3. The number of aromatic amines is 1. The molecule has 0 unspecified atom stereocenters. The standard InChI is InChI=1S/C27H22F6N4O3.C26H21F6N5O3.C26H20F6N4O4.3CH4/c1-37-14-13-23(36-37)34-24(38)35-25(17-18-7-3-2-4-8-18,19-9-5-11-21(15-19)39-26(28,29)30)20-10-6-12-22(16-20)40-27(31,32)33;1-16-33-22(37-36-16)34-23(38)35-24(15-17-7-3-2-4-8-17,18-9-5-11-20(13-18)39-25(27,28)29)19-10-6-12-21(14-19)40-26(30,31)32;1-16-35-36-23(38-16)33-22(37)34-24(15-17-7-3-2-4-8-17,18-9-5-11-20(13-18)39-25(27,28)29)19-10-6-12-21(14-19)40-26(30,31)32;;;/h2-16H,17H2,1H3,(H2,34,35,36,38);2-14H,15H2,1H3,(H3,33,34,35,36,37,38);2-14H,15H2,1H3,(H2,33,34,36,37);3*1H4. The molecule has 0 saturated heterocycles. The Hall–Kier alpha value is -14.2. The monoisotopic (exact) mass is 1740 g/mol. The molecule has 0 radical (unpaired) electrons. The number of halogens is 18. The topological polar surface area (TPSA) is 277 Å². The highest BCUT2D eigenvalue weighted by Gasteiger charge is 2.44. The Morgan fingerprint density at radius 1 is 0.366 bits per heavy atom. The summed E-state index contributed by atoms with van der Waals surface area (Å²) in [5.74, 6) is -3.01. The first kappa shape index (κ1) is 96.0. The van der Waals surface area contributed by atoms with Gasteiger partial charge < -0.3 is 48.8 Å². The van der Waals surface area contributed by atoms with Crippen molar-refractivity contribution in [1.29, 1.82) is 0 Å². The summed E-state index contributed by atoms with van der Waals surface area (Å²) in [5.41, 5.74) is -2.98. The second-order valence-electron chi connectivity index (χ2n) is 25.6. The van der Waals surface area contributed by atoms with Crippen molar-refractivity contribution in [3.8, 4) is 34.5 Å². The molecule has 123 heavy (non-hydrogen) atoms. The summed E-state index contributed by atoms with van der Waals surface area (Å²) < 4.78 is 266. The fraction of sp³-hybridized carbons (Fsp3) is 0.220. The molecule has 0 aliphatic rings. The summed E-state index contributed by atoms with van der Waals surface area (Å²) >= 11 is 0. The number of nitrogens with zero attached hydrogens (tertiary/aromatic N) is 6. The summed E-state index contributed by atoms with van der Waals surface area (Å²) in [7, 11) is 1.63. The minimum Gasteiger partial charge on any atom is -0.408 e. The van der Waals surface area contributed by atoms with Crippen LogP contribution in [-0.2, 0) is 42.9 Å². The molecule has 9 aromatic carbocycles. The number of nitrogens with one attached hydrogen (secondary N) is 7. The summed E-state index contributed by atoms with van der Waals surface area (Å²) in [6.07, 6.45) is -28.8. The van der Waals surface area contributed by atoms with Crippen molar-refractivity contribution in [3.05, 3.63) is 311 Å². The summed E-state index contributed by atoms with van der Waals surface area (Å²) in [6.45, 7) is 3.07. The average Bonchev–Trinajstić information content (AvgIpc) is 1.09. The minimum absolute atomic E-state index is 0. The number of hydrogen-bond acceptors (Lipinski definition) is 15. The van der Waals surface area contributed by atoms with E-state index in [-0.39, 0.29) is 98.6 Å². The van der Waals surface area contributed by atoms with E-state index in [4.69, 9.17) is 4.42 Å². The van der Waals surface area contributed by atoms with Crippen LogP contribution in [0.25, 0.3) is 0 Å². The maximum absolute atomic E-state index is 13.3. The lowest BCUT2D eigenvalue weighted by molar-refractivity contribution is -0.275. The van der Waals surface area contributed by atoms with Gasteiger partial charge in [0, 0.05) is 45.5 Å². The van der Waals surface area contributed by atoms with Crippen LogP contribution < -0.4 is 60.3 Å². The highest BCUT2D eigenvalue weighted by atomic mass is 19.4. The number of aromatic nitrogens is 7. The van der Waals surface area contributed by atoms with E-state index in [1.54, 1.807) is 111 Å². The van der Waals surface area contributed by atoms with Gasteiger partial charge in [0.15, 0.2) is 5.82 Å². The van der Waals surface area contributed by atoms with E-state index in [0.29, 0.717) is 22.5 Å². The van der Waals surface area contributed by atoms with Gasteiger partial charge in [0.05, 0.1) is 16.6 Å². The van der Waals surface area contributed by atoms with E-state index in [0.717, 1.165) is 72.8 Å². The second kappa shape index (κ2) is 40.3. The second-order valence-corrected chi connectivity index (χ2v) is 25.6. The lowest BCUT2D eigenvalue weighted by atomic mass is 9.77. The summed E-state index contributed by atoms with van der Waals surface area (Å²) in [6, 6.07) is 52.9. The van der Waals surface area contributed by atoms with Gasteiger partial charge in [-0.1, -0.05) is 191 Å². The van der Waals surface area contributed by atoms with E-state index in [9.17, 15) is 93.4 Å². The molecule has 12 rings (SSSR count). The van der Waals surface area contributed by atoms with Crippen LogP contribution in [0.3, 0.4) is 0 Å². The molecule has 0 bridgehead atoms. The maximum atomic E-state index is 13.3. The van der Waals surface area contributed by atoms with E-state index in [2.05, 4.69) is 90.8 Å². The van der Waals surface area contributed by atoms with Crippen molar-refractivity contribution in [2.45, 2.75) is 110 Å². The molecule has 0 fully saturated rings. The Morgan fingerprint density at radius 2 is 0.642 bits per heavy atom. The summed E-state index contributed by atoms with van der Waals surface area (Å²) in [4.78, 5) is 43.8. The minimum atomic E-state index is -5.03. The first-order valence-electron chi connectivity index (χ1n) is 34.7. The smallest absolute Gasteiger partial charge is 0.408 e. The molecule has 0 aliphatic carbocycles. The number of hydrogen-bond donors (Lipinski definition) is 7. The Morgan fingerprint density at radius 3 is 0.878 bits per heavy atom. The molecule has 41 heteroatoms. The van der Waals surface area contributed by atoms with Crippen LogP contribution in [0.2, 0.25) is 0 Å². The van der Waals surface area contributed by atoms with Crippen LogP contribution in [0.5, 0.6) is 34.5 Å². The largest absolute Gasteiger partial charge is 0.573 e. The van der Waals surface area contributed by atoms with Gasteiger partial charge >= 0.3 is 62.3 Å². The van der Waals surface area contributed by atoms with Crippen molar-refractivity contribution >= 4 is 35.9 Å². The van der Waals surface area contributed by atoms with Crippen molar-refractivity contribution in [2.24, 2.45) is 7.05 Å². The van der Waals surface area contributed by atoms with E-state index in [1.807, 2.05) is 0 Å². The molecule has 0 spiro atoms. The van der Waals surface area contributed by atoms with Gasteiger partial charge in [-0.25, -0.2) is 14.4 Å². The van der Waals surface area contributed by atoms with Crippen molar-refractivity contribution in [3.63, 3.8) is 0 Å². The van der Waals surface area contributed by atoms with Crippen molar-refractivity contribution in [2.75, 3.05) is 16.0 Å². The molecule has 3 aromatic heterocycles. The molecule has 23 nitrogen and oxygen atoms in total. The SMILES string of the molecule is C.C.C.Cc1nc(NC(=O)NC(Cc2ccccc2)(c2cccc(OC(F)(F)F)c2)c2cccc(OC(F)(F)F)c2)n[nH]1.Cc1nnc(NC(=O)NC(Cc2ccccc2)(c2cccc(OC(F)(F)F)c2)c2cccc(OC(F)(F)F)c2)o1.Cn1ccc(NC(=O)NC(Cc2ccccc2)(c2cccc(OC(F)(F)F)c2)c2cccc(OC(F)(F)F)c2)n1.